The fraction of sp³-hybridized carbons (Fsp3) is 0.413. The predicted molar refractivity (Wildman–Crippen MR) is 488 cm³/mol. The molecule has 0 radical (unpaired) electrons. The fourth-order valence-electron chi connectivity index (χ4n) is 20.0. The Morgan fingerprint density at radius 3 is 0.977 bits per heavy atom. The number of hydroxylamine groups is 2. The molecule has 40 nitrogen and oxygen atoms in total. The van der Waals surface area contributed by atoms with Crippen molar-refractivity contribution >= 4 is 68.7 Å². The number of hydrogen-bond donors (Lipinski definition) is 8. The van der Waals surface area contributed by atoms with Crippen molar-refractivity contribution < 1.29 is 48.7 Å². The highest BCUT2D eigenvalue weighted by atomic mass is 79.9. The largest absolute Gasteiger partial charge is 0.412 e. The van der Waals surface area contributed by atoms with E-state index in [1.54, 1.807) is 58.1 Å². The highest BCUT2D eigenvalue weighted by Gasteiger charge is 2.51. The molecule has 696 valence electrons. The molecule has 0 atom stereocenters. The standard InChI is InChI=1S/C18H20N6O2.2C18H18N4O3.C18H20N4O2.C13H15BrN2O2.C7H9N3O2.H4N2.H2O/c1-11-9-12(14(23-19)13-5-8-20-10-21-13)17(26)24-15(11)16(25)22-18(24)6-3-2-4-7-18;2*1-11-9-12(15(23)13-5-8-19-10-20-13)17(25)22-14(11)16(24)21-18(22)6-3-2-4-7-18;1-12-9-13(10-14-5-8-19-11-20-14)17(24)22-15(12)16(23)21-18(22)6-3-2-4-7-18;1-8-7-9(14)12(18)16-10(8)11(17)15-13(16)5-3-2-4-6-13;1-10(12-2)7(11)6-3-4-8-5-9-6;1-2;/h5,8-10H,2-4,6-7,19H2,1H3,(H,22,25);2*5,8-10H,2-4,6-7H2,1H3,(H,21,24);5,8-9,11H,2-4,6-7,10H2,1H3,(H,21,23);7H,2-6H2,1H3,(H,15,17);3-5H,1-2H3;1-2H2;1H2. The Morgan fingerprint density at radius 1 is 0.391 bits per heavy atom. The van der Waals surface area contributed by atoms with E-state index in [1.165, 1.54) is 110 Å². The third-order valence-electron chi connectivity index (χ3n) is 26.0. The molecule has 0 bridgehead atoms. The lowest BCUT2D eigenvalue weighted by Crippen LogP contribution is -2.49. The van der Waals surface area contributed by atoms with Gasteiger partial charge in [-0.3, -0.25) is 102 Å². The Bertz CT molecular complexity index is 6330. The van der Waals surface area contributed by atoms with Crippen molar-refractivity contribution in [3.8, 4) is 0 Å². The van der Waals surface area contributed by atoms with Crippen LogP contribution in [0.3, 0.4) is 0 Å². The van der Waals surface area contributed by atoms with Crippen LogP contribution in [-0.2, 0) is 39.6 Å². The number of aromatic nitrogens is 15. The summed E-state index contributed by atoms with van der Waals surface area (Å²) in [6.07, 6.45) is 38.0. The number of rotatable bonds is 10. The maximum Gasteiger partial charge on any atom is 0.295 e. The normalized spacial score (nSPS) is 17.5. The molecule has 6 amide bonds. The lowest BCUT2D eigenvalue weighted by atomic mass is 9.89. The van der Waals surface area contributed by atoms with E-state index >= 15 is 0 Å². The first kappa shape index (κ1) is 96.7. The molecule has 5 fully saturated rings. The van der Waals surface area contributed by atoms with Gasteiger partial charge in [-0.05, 0) is 267 Å². The summed E-state index contributed by atoms with van der Waals surface area (Å²) in [7, 11) is 2.93. The number of nitrogens with two attached hydrogens (primary N) is 3. The van der Waals surface area contributed by atoms with Crippen LogP contribution in [0.1, 0.15) is 306 Å². The number of carbonyl (C=O) groups excluding carboxylic acids is 8. The number of amides is 6. The highest BCUT2D eigenvalue weighted by molar-refractivity contribution is 9.10. The summed E-state index contributed by atoms with van der Waals surface area (Å²) in [5.74, 6) is 11.5. The lowest BCUT2D eigenvalue weighted by molar-refractivity contribution is -0.0760. The zero-order valence-corrected chi connectivity index (χ0v) is 76.4. The van der Waals surface area contributed by atoms with Crippen LogP contribution in [0.2, 0.25) is 0 Å². The monoisotopic (exact) mass is 1880 g/mol. The highest BCUT2D eigenvalue weighted by Crippen LogP contribution is 2.43. The van der Waals surface area contributed by atoms with Crippen molar-refractivity contribution in [2.45, 2.75) is 230 Å². The zero-order chi connectivity index (χ0) is 94.1. The number of fused-ring (bicyclic) bond motifs is 10. The van der Waals surface area contributed by atoms with Gasteiger partial charge in [-0.25, -0.2) is 54.9 Å². The van der Waals surface area contributed by atoms with Crippen molar-refractivity contribution in [2.24, 2.45) is 22.6 Å². The molecule has 5 aliphatic carbocycles. The predicted octanol–water partition coefficient (Wildman–Crippen LogP) is 6.38. The van der Waals surface area contributed by atoms with Crippen LogP contribution in [0.5, 0.6) is 0 Å². The summed E-state index contributed by atoms with van der Waals surface area (Å²) in [6.45, 7) is 9.10. The van der Waals surface area contributed by atoms with Gasteiger partial charge in [0, 0.05) is 55.7 Å². The third-order valence-corrected chi connectivity index (χ3v) is 26.6. The first-order chi connectivity index (χ1) is 63.5. The number of aryl methyl sites for hydroxylation is 5. The second-order valence-corrected chi connectivity index (χ2v) is 35.2. The molecule has 5 spiro atoms. The van der Waals surface area contributed by atoms with Gasteiger partial charge in [0.05, 0.1) is 34.0 Å². The molecule has 0 saturated heterocycles. The molecular formula is C92H106BrN25O15. The number of hydrazone groups is 1. The zero-order valence-electron chi connectivity index (χ0n) is 74.9. The van der Waals surface area contributed by atoms with Crippen molar-refractivity contribution in [3.63, 3.8) is 0 Å². The molecule has 0 aromatic carbocycles. The smallest absolute Gasteiger partial charge is 0.295 e. The van der Waals surface area contributed by atoms with Crippen LogP contribution in [0.4, 0.5) is 0 Å². The average molecular weight is 1880 g/mol. The van der Waals surface area contributed by atoms with Crippen LogP contribution in [0.25, 0.3) is 0 Å². The molecule has 10 aliphatic rings. The molecule has 0 unspecified atom stereocenters. The van der Waals surface area contributed by atoms with Crippen LogP contribution in [0.15, 0.2) is 157 Å². The Kier molecular flexibility index (Phi) is 29.7. The number of hydrazine groups is 1. The number of hydrogen-bond acceptors (Lipinski definition) is 28. The summed E-state index contributed by atoms with van der Waals surface area (Å²) >= 11 is 3.30. The van der Waals surface area contributed by atoms with Gasteiger partial charge in [-0.1, -0.05) is 32.1 Å². The van der Waals surface area contributed by atoms with Crippen LogP contribution in [-0.4, -0.2) is 150 Å². The Labute approximate surface area is 770 Å². The minimum atomic E-state index is -0.700. The summed E-state index contributed by atoms with van der Waals surface area (Å²) in [5.41, 5.74) is 4.84. The van der Waals surface area contributed by atoms with Crippen LogP contribution >= 0.6 is 15.9 Å². The minimum absolute atomic E-state index is 0. The van der Waals surface area contributed by atoms with Gasteiger partial charge in [-0.2, -0.15) is 5.10 Å². The first-order valence-electron chi connectivity index (χ1n) is 44.0. The third kappa shape index (κ3) is 18.8. The maximum absolute atomic E-state index is 13.4. The molecular weight excluding hydrogens is 1780 g/mol. The van der Waals surface area contributed by atoms with Gasteiger partial charge in [0.2, 0.25) is 11.6 Å². The number of carbonyl (C=O) groups is 8. The van der Waals surface area contributed by atoms with E-state index in [0.29, 0.717) is 104 Å². The molecule has 41 heteroatoms. The molecule has 10 aromatic heterocycles. The van der Waals surface area contributed by atoms with Crippen molar-refractivity contribution in [1.29, 1.82) is 0 Å². The van der Waals surface area contributed by atoms with E-state index in [1.807, 2.05) is 32.9 Å². The van der Waals surface area contributed by atoms with E-state index < -0.39 is 51.0 Å². The van der Waals surface area contributed by atoms with Crippen molar-refractivity contribution in [3.05, 3.63) is 287 Å². The topological polar surface area (TPSA) is 570 Å². The molecule has 10 aromatic rings. The van der Waals surface area contributed by atoms with E-state index in [4.69, 9.17) is 5.84 Å². The van der Waals surface area contributed by atoms with Gasteiger partial charge in [-0.15, -0.1) is 0 Å². The number of pyridine rings is 5. The van der Waals surface area contributed by atoms with Gasteiger partial charge in [0.25, 0.3) is 63.2 Å². The van der Waals surface area contributed by atoms with Gasteiger partial charge in [0.15, 0.2) is 0 Å². The molecule has 133 heavy (non-hydrogen) atoms. The summed E-state index contributed by atoms with van der Waals surface area (Å²) in [5, 5.41) is 20.2. The van der Waals surface area contributed by atoms with Crippen molar-refractivity contribution in [2.75, 3.05) is 14.2 Å². The Balaban J connectivity index is 0.000000137. The maximum atomic E-state index is 13.4. The summed E-state index contributed by atoms with van der Waals surface area (Å²) in [4.78, 5) is 208. The van der Waals surface area contributed by atoms with E-state index in [0.717, 1.165) is 156 Å². The minimum Gasteiger partial charge on any atom is -0.412 e. The lowest BCUT2D eigenvalue weighted by Gasteiger charge is -2.35. The average Bonchev–Trinajstić information content (AvgIpc) is 1.62. The SMILES string of the molecule is CON(C)C(=O)c1ccncn1.Cc1cc(Br)c(=O)n2c1C(=O)NC21CCCCC1.Cc1cc(C(=NN)c2ccncn2)c(=O)n2c1C(=O)NC21CCCCC1.Cc1cc(C(=O)c2ccncn2)c(=O)n2c1C(=O)NC21CCCCC1.Cc1cc(C(=O)c2ccncn2)c(=O)n2c1C(=O)NC21CCCCC1.Cc1cc(Cc2ccncn2)c(=O)n2c1C(=O)NC21CCCCC1.NN.O. The quantitative estimate of drug-likeness (QED) is 0.0319. The summed E-state index contributed by atoms with van der Waals surface area (Å²) in [6, 6.07) is 16.2. The van der Waals surface area contributed by atoms with E-state index in [9.17, 15) is 62.3 Å². The van der Waals surface area contributed by atoms with E-state index in [-0.39, 0.29) is 80.1 Å². The molecule has 5 aliphatic heterocycles. The van der Waals surface area contributed by atoms with Crippen LogP contribution < -0.4 is 71.9 Å². The number of nitrogens with one attached hydrogen (secondary N) is 5. The Hall–Kier alpha value is -13.9. The first-order valence-corrected chi connectivity index (χ1v) is 44.8. The van der Waals surface area contributed by atoms with Crippen molar-refractivity contribution in [1.82, 2.24) is 104 Å². The fourth-order valence-corrected chi connectivity index (χ4v) is 20.5. The second-order valence-electron chi connectivity index (χ2n) is 34.3. The van der Waals surface area contributed by atoms with Gasteiger partial charge < -0.3 is 37.9 Å². The molecule has 5 saturated carbocycles. The van der Waals surface area contributed by atoms with E-state index in [2.05, 4.69) is 114 Å². The van der Waals surface area contributed by atoms with Gasteiger partial charge in [0.1, 0.15) is 111 Å². The number of halogens is 1. The molecule has 15 heterocycles. The van der Waals surface area contributed by atoms with Gasteiger partial charge >= 0.3 is 0 Å². The Morgan fingerprint density at radius 2 is 0.669 bits per heavy atom. The number of ketones is 2. The summed E-state index contributed by atoms with van der Waals surface area (Å²) < 4.78 is 8.64. The van der Waals surface area contributed by atoms with Crippen LogP contribution in [0, 0.1) is 34.6 Å². The second kappa shape index (κ2) is 40.9. The molecule has 20 rings (SSSR count). The number of nitrogens with zero attached hydrogens (tertiary/aromatic N) is 17. The molecule has 13 N–H and O–H groups in total.